The van der Waals surface area contributed by atoms with Crippen LogP contribution in [0.1, 0.15) is 41.7 Å². The maximum Gasteiger partial charge on any atom is 0.314 e. The van der Waals surface area contributed by atoms with Crippen LogP contribution in [-0.2, 0) is 19.6 Å². The minimum absolute atomic E-state index is 0.0320. The van der Waals surface area contributed by atoms with Gasteiger partial charge in [0.2, 0.25) is 10.0 Å². The van der Waals surface area contributed by atoms with E-state index in [1.807, 2.05) is 56.3 Å². The number of esters is 1. The van der Waals surface area contributed by atoms with Crippen LogP contribution in [0.25, 0.3) is 10.9 Å². The lowest BCUT2D eigenvalue weighted by molar-refractivity contribution is -0.147. The fourth-order valence-corrected chi connectivity index (χ4v) is 7.75. The predicted octanol–water partition coefficient (Wildman–Crippen LogP) is 4.93. The number of carbonyl (C=O) groups excluding carboxylic acids is 1. The van der Waals surface area contributed by atoms with Crippen molar-refractivity contribution in [1.82, 2.24) is 8.87 Å². The van der Waals surface area contributed by atoms with Gasteiger partial charge in [0.1, 0.15) is 12.1 Å². The van der Waals surface area contributed by atoms with Gasteiger partial charge in [-0.2, -0.15) is 4.31 Å². The molecule has 5 rings (SSSR count). The number of nitrogens with zero attached hydrogens (tertiary/aromatic N) is 2. The summed E-state index contributed by atoms with van der Waals surface area (Å²) in [4.78, 5) is 13.4. The number of fused-ring (bicyclic) bond motifs is 6. The average molecular weight is 479 g/mol. The molecule has 7 heteroatoms. The summed E-state index contributed by atoms with van der Waals surface area (Å²) >= 11 is 0. The molecule has 0 spiro atoms. The summed E-state index contributed by atoms with van der Waals surface area (Å²) in [5.74, 6) is -0.837. The zero-order chi connectivity index (χ0) is 24.2. The van der Waals surface area contributed by atoms with E-state index in [-0.39, 0.29) is 17.8 Å². The molecule has 0 radical (unpaired) electrons. The molecule has 1 saturated heterocycles. The number of aromatic nitrogens is 1. The van der Waals surface area contributed by atoms with Crippen LogP contribution in [0.2, 0.25) is 0 Å². The Morgan fingerprint density at radius 1 is 1.15 bits per heavy atom. The number of allylic oxidation sites excluding steroid dienone is 1. The van der Waals surface area contributed by atoms with Crippen LogP contribution in [-0.4, -0.2) is 36.9 Å². The number of aryl methyl sites for hydroxylation is 2. The van der Waals surface area contributed by atoms with Crippen LogP contribution in [0.5, 0.6) is 0 Å². The number of rotatable bonds is 5. The molecular weight excluding hydrogens is 448 g/mol. The zero-order valence-electron chi connectivity index (χ0n) is 19.8. The average Bonchev–Trinajstić information content (AvgIpc) is 3.11. The zero-order valence-corrected chi connectivity index (χ0v) is 20.6. The highest BCUT2D eigenvalue weighted by molar-refractivity contribution is 7.89. The molecule has 0 aliphatic carbocycles. The Balaban J connectivity index is 1.78. The van der Waals surface area contributed by atoms with E-state index < -0.39 is 22.1 Å². The molecular formula is C27H30N2O4S. The molecule has 34 heavy (non-hydrogen) atoms. The van der Waals surface area contributed by atoms with Crippen molar-refractivity contribution in [2.45, 2.75) is 43.7 Å². The lowest BCUT2D eigenvalue weighted by Gasteiger charge is -2.51. The monoisotopic (exact) mass is 478 g/mol. The third-order valence-corrected chi connectivity index (χ3v) is 9.51. The molecule has 6 nitrogen and oxygen atoms in total. The summed E-state index contributed by atoms with van der Waals surface area (Å²) in [5, 5.41) is 1.03. The number of hydrogen-bond acceptors (Lipinski definition) is 4. The Morgan fingerprint density at radius 2 is 1.85 bits per heavy atom. The molecule has 4 atom stereocenters. The van der Waals surface area contributed by atoms with E-state index in [1.54, 1.807) is 16.4 Å². The molecule has 0 unspecified atom stereocenters. The van der Waals surface area contributed by atoms with Gasteiger partial charge in [-0.15, -0.1) is 6.58 Å². The van der Waals surface area contributed by atoms with E-state index in [0.29, 0.717) is 24.3 Å². The molecule has 178 valence electrons. The van der Waals surface area contributed by atoms with Crippen LogP contribution >= 0.6 is 0 Å². The van der Waals surface area contributed by atoms with Crippen LogP contribution < -0.4 is 0 Å². The topological polar surface area (TPSA) is 68.6 Å². The van der Waals surface area contributed by atoms with Gasteiger partial charge in [0.05, 0.1) is 12.0 Å². The molecule has 1 fully saturated rings. The summed E-state index contributed by atoms with van der Waals surface area (Å²) in [7, 11) is -2.34. The number of carbonyl (C=O) groups is 1. The van der Waals surface area contributed by atoms with Crippen molar-refractivity contribution >= 4 is 26.9 Å². The van der Waals surface area contributed by atoms with Gasteiger partial charge >= 0.3 is 5.97 Å². The lowest BCUT2D eigenvalue weighted by atomic mass is 9.69. The van der Waals surface area contributed by atoms with Crippen molar-refractivity contribution in [2.24, 2.45) is 11.8 Å². The van der Waals surface area contributed by atoms with E-state index >= 15 is 0 Å². The standard InChI is InChI=1S/C27H30N2O4S/c1-5-8-22-21-15-16-28(34(31,32)19-13-11-17(2)12-14-19)26(22)29-23-10-7-6-9-20(23)18(3)25(29)24(21)27(30)33-4/h5-7,9-14,21-22,24,26H,1,8,15-16H2,2-4H3/t21-,22+,24+,26-/m1/s1. The molecule has 1 aromatic heterocycles. The Morgan fingerprint density at radius 3 is 2.53 bits per heavy atom. The highest BCUT2D eigenvalue weighted by atomic mass is 32.2. The van der Waals surface area contributed by atoms with Crippen LogP contribution in [0.15, 0.2) is 66.1 Å². The first kappa shape index (κ1) is 22.9. The molecule has 0 amide bonds. The molecule has 2 bridgehead atoms. The fraction of sp³-hybridized carbons (Fsp3) is 0.370. The number of piperidine rings is 1. The van der Waals surface area contributed by atoms with Crippen molar-refractivity contribution in [3.63, 3.8) is 0 Å². The fourth-order valence-electron chi connectivity index (χ4n) is 6.12. The van der Waals surface area contributed by atoms with E-state index in [2.05, 4.69) is 11.1 Å². The number of benzene rings is 2. The van der Waals surface area contributed by atoms with E-state index in [0.717, 1.165) is 27.7 Å². The Kier molecular flexibility index (Phi) is 5.65. The third kappa shape index (κ3) is 3.25. The SMILES string of the molecule is C=CC[C@H]1[C@H]2CCN(S(=O)(=O)c3ccc(C)cc3)[C@@H]1n1c(c(C)c3ccccc31)[C@H]2C(=O)OC. The van der Waals surface area contributed by atoms with Gasteiger partial charge in [0.15, 0.2) is 0 Å². The lowest BCUT2D eigenvalue weighted by Crippen LogP contribution is -2.54. The van der Waals surface area contributed by atoms with Gasteiger partial charge in [0.25, 0.3) is 0 Å². The van der Waals surface area contributed by atoms with Gasteiger partial charge in [-0.1, -0.05) is 42.0 Å². The van der Waals surface area contributed by atoms with Crippen molar-refractivity contribution in [2.75, 3.05) is 13.7 Å². The molecule has 0 saturated carbocycles. The first-order valence-corrected chi connectivity index (χ1v) is 13.1. The first-order valence-electron chi connectivity index (χ1n) is 11.7. The number of para-hydroxylation sites is 1. The minimum atomic E-state index is -3.76. The Hall–Kier alpha value is -2.90. The van der Waals surface area contributed by atoms with Crippen molar-refractivity contribution in [3.05, 3.63) is 78.0 Å². The quantitative estimate of drug-likeness (QED) is 0.385. The highest BCUT2D eigenvalue weighted by Crippen LogP contribution is 2.54. The maximum absolute atomic E-state index is 14.0. The van der Waals surface area contributed by atoms with Crippen molar-refractivity contribution in [3.8, 4) is 0 Å². The molecule has 2 aliphatic rings. The first-order chi connectivity index (χ1) is 16.3. The van der Waals surface area contributed by atoms with Gasteiger partial charge in [0, 0.05) is 29.1 Å². The van der Waals surface area contributed by atoms with Gasteiger partial charge in [-0.05, 0) is 56.4 Å². The normalized spacial score (nSPS) is 24.6. The summed E-state index contributed by atoms with van der Waals surface area (Å²) in [5.41, 5.74) is 3.82. The Bertz CT molecular complexity index is 1370. The summed E-state index contributed by atoms with van der Waals surface area (Å²) in [6.07, 6.45) is 2.58. The molecule has 3 heterocycles. The van der Waals surface area contributed by atoms with Crippen molar-refractivity contribution < 1.29 is 17.9 Å². The summed E-state index contributed by atoms with van der Waals surface area (Å²) < 4.78 is 37.0. The number of hydrogen-bond donors (Lipinski definition) is 0. The van der Waals surface area contributed by atoms with E-state index in [9.17, 15) is 13.2 Å². The van der Waals surface area contributed by atoms with Crippen LogP contribution in [0.3, 0.4) is 0 Å². The summed E-state index contributed by atoms with van der Waals surface area (Å²) in [6, 6.07) is 15.0. The Labute approximate surface area is 200 Å². The van der Waals surface area contributed by atoms with Gasteiger partial charge in [-0.25, -0.2) is 8.42 Å². The number of ether oxygens (including phenoxy) is 1. The van der Waals surface area contributed by atoms with Crippen LogP contribution in [0, 0.1) is 25.7 Å². The highest BCUT2D eigenvalue weighted by Gasteiger charge is 2.54. The maximum atomic E-state index is 14.0. The second kappa shape index (κ2) is 8.40. The largest absolute Gasteiger partial charge is 0.468 e. The third-order valence-electron chi connectivity index (χ3n) is 7.63. The second-order valence-corrected chi connectivity index (χ2v) is 11.3. The van der Waals surface area contributed by atoms with Crippen LogP contribution in [0.4, 0.5) is 0 Å². The molecule has 2 aliphatic heterocycles. The summed E-state index contributed by atoms with van der Waals surface area (Å²) in [6.45, 7) is 8.26. The molecule has 2 aromatic carbocycles. The van der Waals surface area contributed by atoms with Crippen molar-refractivity contribution in [1.29, 1.82) is 0 Å². The molecule has 0 N–H and O–H groups in total. The number of sulfonamides is 1. The number of methoxy groups -OCH3 is 1. The predicted molar refractivity (Wildman–Crippen MR) is 132 cm³/mol. The second-order valence-electron chi connectivity index (χ2n) is 9.38. The van der Waals surface area contributed by atoms with Gasteiger partial charge in [-0.3, -0.25) is 4.79 Å². The smallest absolute Gasteiger partial charge is 0.314 e. The van der Waals surface area contributed by atoms with E-state index in [4.69, 9.17) is 4.74 Å². The van der Waals surface area contributed by atoms with Gasteiger partial charge < -0.3 is 9.30 Å². The molecule has 3 aromatic rings. The van der Waals surface area contributed by atoms with E-state index in [1.165, 1.54) is 7.11 Å². The minimum Gasteiger partial charge on any atom is -0.468 e.